The molecule has 9 nitrogen and oxygen atoms in total. The molecule has 4 atom stereocenters. The lowest BCUT2D eigenvalue weighted by atomic mass is 10.1. The standard InChI is InChI=1S/C11H14FN5O4/c1-20-11-15-8(13)6-9(16-11)17(3-14-6)10-5(12)7(19)4(2-18)21-10/h3-5,7,10,18-19H,2H2,1H3,(H2,13,15,16)/t4-,5-,7?,10-/m1/s1. The molecule has 4 N–H and O–H groups in total. The number of nitrogens with two attached hydrogens (primary N) is 1. The fraction of sp³-hybridized carbons (Fsp3) is 0.545. The largest absolute Gasteiger partial charge is 0.467 e. The van der Waals surface area contributed by atoms with Gasteiger partial charge in [-0.05, 0) is 0 Å². The van der Waals surface area contributed by atoms with Crippen LogP contribution in [0.3, 0.4) is 0 Å². The van der Waals surface area contributed by atoms with Crippen LogP contribution >= 0.6 is 0 Å². The Bertz CT molecular complexity index is 665. The summed E-state index contributed by atoms with van der Waals surface area (Å²) in [6, 6.07) is 0.00871. The van der Waals surface area contributed by atoms with Gasteiger partial charge in [0.15, 0.2) is 29.4 Å². The predicted molar refractivity (Wildman–Crippen MR) is 68.2 cm³/mol. The maximum atomic E-state index is 14.2. The Morgan fingerprint density at radius 2 is 2.29 bits per heavy atom. The summed E-state index contributed by atoms with van der Waals surface area (Å²) in [5.74, 6) is 0.0864. The molecule has 1 aliphatic heterocycles. The summed E-state index contributed by atoms with van der Waals surface area (Å²) in [6.07, 6.45) is -4.05. The Hall–Kier alpha value is -2.04. The van der Waals surface area contributed by atoms with Crippen LogP contribution in [0.1, 0.15) is 6.23 Å². The van der Waals surface area contributed by atoms with Crippen molar-refractivity contribution < 1.29 is 24.1 Å². The fourth-order valence-corrected chi connectivity index (χ4v) is 2.27. The SMILES string of the molecule is COc1nc(N)c2ncn([C@@H]3O[C@H](CO)C(O)[C@H]3F)c2n1. The minimum Gasteiger partial charge on any atom is -0.467 e. The van der Waals surface area contributed by atoms with E-state index in [0.717, 1.165) is 0 Å². The molecule has 1 fully saturated rings. The van der Waals surface area contributed by atoms with E-state index in [4.69, 9.17) is 20.3 Å². The summed E-state index contributed by atoms with van der Waals surface area (Å²) >= 11 is 0. The van der Waals surface area contributed by atoms with E-state index in [-0.39, 0.29) is 23.0 Å². The molecule has 3 heterocycles. The van der Waals surface area contributed by atoms with E-state index in [1.807, 2.05) is 0 Å². The first kappa shape index (κ1) is 13.9. The maximum Gasteiger partial charge on any atom is 0.320 e. The van der Waals surface area contributed by atoms with Gasteiger partial charge in [-0.3, -0.25) is 4.57 Å². The number of aliphatic hydroxyl groups is 2. The van der Waals surface area contributed by atoms with Crippen LogP contribution in [0.15, 0.2) is 6.33 Å². The van der Waals surface area contributed by atoms with Gasteiger partial charge in [0.1, 0.15) is 12.2 Å². The van der Waals surface area contributed by atoms with Crippen LogP contribution in [0.2, 0.25) is 0 Å². The summed E-state index contributed by atoms with van der Waals surface area (Å²) in [7, 11) is 1.37. The highest BCUT2D eigenvalue weighted by atomic mass is 19.1. The van der Waals surface area contributed by atoms with E-state index >= 15 is 0 Å². The van der Waals surface area contributed by atoms with Gasteiger partial charge in [0.05, 0.1) is 20.0 Å². The van der Waals surface area contributed by atoms with Gasteiger partial charge in [0.2, 0.25) is 0 Å². The third-order valence-electron chi connectivity index (χ3n) is 3.36. The first-order valence-corrected chi connectivity index (χ1v) is 6.19. The number of imidazole rings is 1. The lowest BCUT2D eigenvalue weighted by Crippen LogP contribution is -2.30. The van der Waals surface area contributed by atoms with Crippen molar-refractivity contribution in [2.24, 2.45) is 0 Å². The van der Waals surface area contributed by atoms with Crippen molar-refractivity contribution >= 4 is 17.0 Å². The van der Waals surface area contributed by atoms with Gasteiger partial charge in [-0.1, -0.05) is 0 Å². The van der Waals surface area contributed by atoms with Crippen LogP contribution in [0, 0.1) is 0 Å². The van der Waals surface area contributed by atoms with Crippen LogP contribution in [0.5, 0.6) is 6.01 Å². The van der Waals surface area contributed by atoms with E-state index < -0.39 is 31.2 Å². The van der Waals surface area contributed by atoms with Crippen LogP contribution in [-0.2, 0) is 4.74 Å². The number of fused-ring (bicyclic) bond motifs is 1. The number of methoxy groups -OCH3 is 1. The average Bonchev–Trinajstić information content (AvgIpc) is 3.02. The van der Waals surface area contributed by atoms with Crippen molar-refractivity contribution in [2.75, 3.05) is 19.5 Å². The number of aromatic nitrogens is 4. The molecule has 2 aromatic rings. The topological polar surface area (TPSA) is 129 Å². The Morgan fingerprint density at radius 3 is 2.90 bits per heavy atom. The van der Waals surface area contributed by atoms with Crippen molar-refractivity contribution in [1.82, 2.24) is 19.5 Å². The monoisotopic (exact) mass is 299 g/mol. The molecule has 0 saturated carbocycles. The summed E-state index contributed by atoms with van der Waals surface area (Å²) in [4.78, 5) is 12.0. The normalized spacial score (nSPS) is 29.1. The number of hydrogen-bond acceptors (Lipinski definition) is 8. The fourth-order valence-electron chi connectivity index (χ4n) is 2.27. The molecule has 2 aromatic heterocycles. The van der Waals surface area contributed by atoms with E-state index in [2.05, 4.69) is 15.0 Å². The third kappa shape index (κ3) is 2.07. The molecule has 0 aliphatic carbocycles. The van der Waals surface area contributed by atoms with E-state index in [1.165, 1.54) is 18.0 Å². The zero-order valence-electron chi connectivity index (χ0n) is 11.0. The molecule has 0 amide bonds. The Kier molecular flexibility index (Phi) is 3.35. The van der Waals surface area contributed by atoms with E-state index in [0.29, 0.717) is 0 Å². The van der Waals surface area contributed by atoms with Gasteiger partial charge >= 0.3 is 6.01 Å². The minimum absolute atomic E-state index is 0.00871. The number of aliphatic hydroxyl groups excluding tert-OH is 2. The summed E-state index contributed by atoms with van der Waals surface area (Å²) < 4.78 is 25.7. The zero-order valence-corrected chi connectivity index (χ0v) is 11.0. The molecule has 3 rings (SSSR count). The highest BCUT2D eigenvalue weighted by Gasteiger charge is 2.45. The third-order valence-corrected chi connectivity index (χ3v) is 3.36. The molecule has 0 spiro atoms. The number of nitrogens with zero attached hydrogens (tertiary/aromatic N) is 4. The highest BCUT2D eigenvalue weighted by Crippen LogP contribution is 2.34. The molecule has 1 aliphatic rings. The number of rotatable bonds is 3. The molecule has 21 heavy (non-hydrogen) atoms. The Balaban J connectivity index is 2.07. The molecular weight excluding hydrogens is 285 g/mol. The number of nitrogen functional groups attached to an aromatic ring is 1. The molecule has 0 aromatic carbocycles. The zero-order chi connectivity index (χ0) is 15.1. The molecule has 1 unspecified atom stereocenters. The molecule has 0 radical (unpaired) electrons. The van der Waals surface area contributed by atoms with Crippen molar-refractivity contribution in [1.29, 1.82) is 0 Å². The second-order valence-corrected chi connectivity index (χ2v) is 4.60. The highest BCUT2D eigenvalue weighted by molar-refractivity contribution is 5.82. The smallest absolute Gasteiger partial charge is 0.320 e. The van der Waals surface area contributed by atoms with Crippen molar-refractivity contribution in [3.63, 3.8) is 0 Å². The number of alkyl halides is 1. The number of halogens is 1. The summed E-state index contributed by atoms with van der Waals surface area (Å²) in [5, 5.41) is 18.7. The lowest BCUT2D eigenvalue weighted by Gasteiger charge is -2.15. The quantitative estimate of drug-likeness (QED) is 0.658. The van der Waals surface area contributed by atoms with E-state index in [9.17, 15) is 9.50 Å². The Morgan fingerprint density at radius 1 is 1.52 bits per heavy atom. The van der Waals surface area contributed by atoms with Gasteiger partial charge < -0.3 is 25.4 Å². The first-order chi connectivity index (χ1) is 10.1. The first-order valence-electron chi connectivity index (χ1n) is 6.19. The molecule has 1 saturated heterocycles. The van der Waals surface area contributed by atoms with Crippen LogP contribution in [0.25, 0.3) is 11.2 Å². The second-order valence-electron chi connectivity index (χ2n) is 4.60. The minimum atomic E-state index is -1.73. The Labute approximate surface area is 118 Å². The molecule has 0 bridgehead atoms. The van der Waals surface area contributed by atoms with Crippen molar-refractivity contribution in [3.8, 4) is 6.01 Å². The average molecular weight is 299 g/mol. The van der Waals surface area contributed by atoms with Crippen molar-refractivity contribution in [3.05, 3.63) is 6.33 Å². The molecule has 114 valence electrons. The van der Waals surface area contributed by atoms with Gasteiger partial charge in [0.25, 0.3) is 0 Å². The van der Waals surface area contributed by atoms with Gasteiger partial charge in [-0.2, -0.15) is 9.97 Å². The number of ether oxygens (including phenoxy) is 2. The second kappa shape index (κ2) is 5.06. The lowest BCUT2D eigenvalue weighted by molar-refractivity contribution is -0.0459. The summed E-state index contributed by atoms with van der Waals surface area (Å²) in [5.41, 5.74) is 6.22. The maximum absolute atomic E-state index is 14.2. The van der Waals surface area contributed by atoms with Crippen LogP contribution < -0.4 is 10.5 Å². The van der Waals surface area contributed by atoms with Gasteiger partial charge in [-0.15, -0.1) is 0 Å². The number of anilines is 1. The predicted octanol–water partition coefficient (Wildman–Crippen LogP) is -0.994. The van der Waals surface area contributed by atoms with Crippen LogP contribution in [-0.4, -0.2) is 61.8 Å². The summed E-state index contributed by atoms with van der Waals surface area (Å²) in [6.45, 7) is -0.495. The molecule has 10 heteroatoms. The van der Waals surface area contributed by atoms with Gasteiger partial charge in [-0.25, -0.2) is 9.37 Å². The van der Waals surface area contributed by atoms with E-state index in [1.54, 1.807) is 0 Å². The van der Waals surface area contributed by atoms with Crippen LogP contribution in [0.4, 0.5) is 10.2 Å². The molecular formula is C11H14FN5O4. The van der Waals surface area contributed by atoms with Gasteiger partial charge in [0, 0.05) is 0 Å². The number of hydrogen-bond donors (Lipinski definition) is 3. The van der Waals surface area contributed by atoms with Crippen molar-refractivity contribution in [2.45, 2.75) is 24.6 Å².